The average molecular weight is 398 g/mol. The van der Waals surface area contributed by atoms with Gasteiger partial charge in [-0.25, -0.2) is 4.79 Å². The first kappa shape index (κ1) is 24.6. The molecular weight excluding hydrogens is 358 g/mol. The molecule has 0 radical (unpaired) electrons. The Kier molecular flexibility index (Phi) is 12.8. The van der Waals surface area contributed by atoms with Gasteiger partial charge in [0.25, 0.3) is 0 Å². The lowest BCUT2D eigenvalue weighted by molar-refractivity contribution is -0.239. The summed E-state index contributed by atoms with van der Waals surface area (Å²) >= 11 is 0. The van der Waals surface area contributed by atoms with Crippen LogP contribution in [-0.4, -0.2) is 34.0 Å². The van der Waals surface area contributed by atoms with Crippen molar-refractivity contribution in [3.05, 3.63) is 0 Å². The maximum Gasteiger partial charge on any atom is 0.364 e. The van der Waals surface area contributed by atoms with Gasteiger partial charge in [0.15, 0.2) is 0 Å². The van der Waals surface area contributed by atoms with E-state index in [9.17, 15) is 14.4 Å². The van der Waals surface area contributed by atoms with Crippen LogP contribution in [0.15, 0.2) is 0 Å². The lowest BCUT2D eigenvalue weighted by atomic mass is 9.95. The van der Waals surface area contributed by atoms with Gasteiger partial charge in [-0.15, -0.1) is 0 Å². The van der Waals surface area contributed by atoms with Gasteiger partial charge in [-0.3, -0.25) is 19.4 Å². The Balaban J connectivity index is 2.16. The minimum absolute atomic E-state index is 0.129. The van der Waals surface area contributed by atoms with Crippen LogP contribution in [0.3, 0.4) is 0 Å². The fourth-order valence-electron chi connectivity index (χ4n) is 3.96. The summed E-state index contributed by atoms with van der Waals surface area (Å²) < 4.78 is 0. The van der Waals surface area contributed by atoms with E-state index in [0.29, 0.717) is 12.3 Å². The predicted octanol–water partition coefficient (Wildman–Crippen LogP) is 5.25. The molecule has 0 aromatic carbocycles. The molecule has 1 N–H and O–H groups in total. The SMILES string of the molecule is CCCCCCCCCCC(C)CCCCC(C(=O)OO)N1C(=O)CCC1=O. The highest BCUT2D eigenvalue weighted by atomic mass is 17.1. The van der Waals surface area contributed by atoms with Crippen molar-refractivity contribution >= 4 is 17.8 Å². The average Bonchev–Trinajstić information content (AvgIpc) is 3.01. The van der Waals surface area contributed by atoms with Gasteiger partial charge in [-0.1, -0.05) is 90.9 Å². The van der Waals surface area contributed by atoms with Gasteiger partial charge >= 0.3 is 5.97 Å². The number of hydrogen-bond acceptors (Lipinski definition) is 5. The number of hydrogen-bond donors (Lipinski definition) is 1. The third-order valence-electron chi connectivity index (χ3n) is 5.74. The van der Waals surface area contributed by atoms with Crippen molar-refractivity contribution < 1.29 is 24.5 Å². The minimum atomic E-state index is -0.990. The van der Waals surface area contributed by atoms with Crippen LogP contribution in [0.25, 0.3) is 0 Å². The zero-order chi connectivity index (χ0) is 20.8. The second kappa shape index (κ2) is 14.6. The molecule has 2 amide bonds. The molecule has 0 aromatic rings. The van der Waals surface area contributed by atoms with E-state index < -0.39 is 12.0 Å². The summed E-state index contributed by atoms with van der Waals surface area (Å²) in [5, 5.41) is 8.69. The van der Waals surface area contributed by atoms with Crippen molar-refractivity contribution in [3.8, 4) is 0 Å². The normalized spacial score (nSPS) is 16.5. The van der Waals surface area contributed by atoms with Gasteiger partial charge in [-0.2, -0.15) is 5.26 Å². The molecular formula is C22H39NO5. The molecule has 162 valence electrons. The molecule has 6 nitrogen and oxygen atoms in total. The highest BCUT2D eigenvalue weighted by Crippen LogP contribution is 2.22. The number of imide groups is 1. The maximum absolute atomic E-state index is 11.8. The molecule has 1 fully saturated rings. The first-order valence-electron chi connectivity index (χ1n) is 11.2. The molecule has 0 bridgehead atoms. The van der Waals surface area contributed by atoms with E-state index in [1.54, 1.807) is 0 Å². The van der Waals surface area contributed by atoms with E-state index in [2.05, 4.69) is 18.7 Å². The smallest absolute Gasteiger partial charge is 0.299 e. The van der Waals surface area contributed by atoms with Gasteiger partial charge < -0.3 is 0 Å². The summed E-state index contributed by atoms with van der Waals surface area (Å²) in [5.74, 6) is -0.999. The first-order chi connectivity index (χ1) is 13.5. The minimum Gasteiger partial charge on any atom is -0.299 e. The summed E-state index contributed by atoms with van der Waals surface area (Å²) in [6, 6.07) is -0.990. The first-order valence-corrected chi connectivity index (χ1v) is 11.2. The van der Waals surface area contributed by atoms with Gasteiger partial charge in [-0.05, 0) is 12.3 Å². The lowest BCUT2D eigenvalue weighted by Gasteiger charge is -2.23. The molecule has 1 aliphatic rings. The number of carbonyl (C=O) groups excluding carboxylic acids is 3. The van der Waals surface area contributed by atoms with Gasteiger partial charge in [0.1, 0.15) is 6.04 Å². The van der Waals surface area contributed by atoms with E-state index in [1.165, 1.54) is 57.8 Å². The molecule has 1 aliphatic heterocycles. The Labute approximate surface area is 169 Å². The summed E-state index contributed by atoms with van der Waals surface area (Å²) in [6.45, 7) is 4.50. The van der Waals surface area contributed by atoms with Crippen molar-refractivity contribution in [2.24, 2.45) is 5.92 Å². The second-order valence-electron chi connectivity index (χ2n) is 8.24. The third-order valence-corrected chi connectivity index (χ3v) is 5.74. The molecule has 6 heteroatoms. The number of rotatable bonds is 16. The Hall–Kier alpha value is -1.43. The highest BCUT2D eigenvalue weighted by molar-refractivity contribution is 6.04. The lowest BCUT2D eigenvalue weighted by Crippen LogP contribution is -2.45. The molecule has 28 heavy (non-hydrogen) atoms. The van der Waals surface area contributed by atoms with Crippen LogP contribution in [0.1, 0.15) is 110 Å². The largest absolute Gasteiger partial charge is 0.364 e. The predicted molar refractivity (Wildman–Crippen MR) is 108 cm³/mol. The quantitative estimate of drug-likeness (QED) is 0.166. The standard InChI is InChI=1S/C22H39NO5/c1-3-4-5-6-7-8-9-10-13-18(2)14-11-12-15-19(22(26)28-27)23-20(24)16-17-21(23)25/h18-19,27H,3-17H2,1-2H3. The van der Waals surface area contributed by atoms with E-state index in [1.807, 2.05) is 0 Å². The monoisotopic (exact) mass is 397 g/mol. The Morgan fingerprint density at radius 1 is 0.893 bits per heavy atom. The number of unbranched alkanes of at least 4 members (excludes halogenated alkanes) is 8. The van der Waals surface area contributed by atoms with Crippen LogP contribution >= 0.6 is 0 Å². The summed E-state index contributed by atoms with van der Waals surface area (Å²) in [6.07, 6.45) is 15.2. The molecule has 0 saturated carbocycles. The Morgan fingerprint density at radius 3 is 1.89 bits per heavy atom. The Morgan fingerprint density at radius 2 is 1.36 bits per heavy atom. The maximum atomic E-state index is 11.8. The zero-order valence-electron chi connectivity index (χ0n) is 17.8. The van der Waals surface area contributed by atoms with Crippen LogP contribution in [-0.2, 0) is 19.3 Å². The molecule has 0 aliphatic carbocycles. The van der Waals surface area contributed by atoms with Gasteiger partial charge in [0, 0.05) is 12.8 Å². The molecule has 1 heterocycles. The fourth-order valence-corrected chi connectivity index (χ4v) is 3.96. The summed E-state index contributed by atoms with van der Waals surface area (Å²) in [7, 11) is 0. The van der Waals surface area contributed by atoms with E-state index in [4.69, 9.17) is 5.26 Å². The number of likely N-dealkylation sites (tertiary alicyclic amines) is 1. The van der Waals surface area contributed by atoms with Crippen molar-refractivity contribution in [1.82, 2.24) is 4.90 Å². The molecule has 1 rings (SSSR count). The van der Waals surface area contributed by atoms with E-state index in [0.717, 1.165) is 24.2 Å². The van der Waals surface area contributed by atoms with Crippen LogP contribution < -0.4 is 0 Å². The van der Waals surface area contributed by atoms with Crippen molar-refractivity contribution in [2.75, 3.05) is 0 Å². The molecule has 2 atom stereocenters. The van der Waals surface area contributed by atoms with E-state index in [-0.39, 0.29) is 24.7 Å². The van der Waals surface area contributed by atoms with Crippen LogP contribution in [0.2, 0.25) is 0 Å². The van der Waals surface area contributed by atoms with Crippen molar-refractivity contribution in [1.29, 1.82) is 0 Å². The van der Waals surface area contributed by atoms with Crippen LogP contribution in [0.4, 0.5) is 0 Å². The molecule has 2 unspecified atom stereocenters. The second-order valence-corrected chi connectivity index (χ2v) is 8.24. The fraction of sp³-hybridized carbons (Fsp3) is 0.864. The highest BCUT2D eigenvalue weighted by Gasteiger charge is 2.39. The molecule has 0 spiro atoms. The summed E-state index contributed by atoms with van der Waals surface area (Å²) in [4.78, 5) is 40.3. The van der Waals surface area contributed by atoms with Gasteiger partial charge in [0.2, 0.25) is 11.8 Å². The van der Waals surface area contributed by atoms with Crippen LogP contribution in [0, 0.1) is 5.92 Å². The summed E-state index contributed by atoms with van der Waals surface area (Å²) in [5.41, 5.74) is 0. The number of nitrogens with zero attached hydrogens (tertiary/aromatic N) is 1. The van der Waals surface area contributed by atoms with Crippen LogP contribution in [0.5, 0.6) is 0 Å². The molecule has 1 saturated heterocycles. The number of amides is 2. The zero-order valence-corrected chi connectivity index (χ0v) is 17.8. The van der Waals surface area contributed by atoms with Gasteiger partial charge in [0.05, 0.1) is 0 Å². The van der Waals surface area contributed by atoms with Crippen molar-refractivity contribution in [3.63, 3.8) is 0 Å². The third kappa shape index (κ3) is 9.18. The Bertz CT molecular complexity index is 464. The van der Waals surface area contributed by atoms with E-state index >= 15 is 0 Å². The number of carbonyl (C=O) groups is 3. The topological polar surface area (TPSA) is 83.9 Å². The van der Waals surface area contributed by atoms with Crippen molar-refractivity contribution in [2.45, 2.75) is 116 Å². The molecule has 0 aromatic heterocycles.